The molecule has 0 atom stereocenters. The number of nitrogens with zero attached hydrogens (tertiary/aromatic N) is 3. The van der Waals surface area contributed by atoms with Gasteiger partial charge in [0.05, 0.1) is 6.20 Å². The van der Waals surface area contributed by atoms with E-state index in [0.717, 1.165) is 5.65 Å². The molecule has 40 valence electrons. The van der Waals surface area contributed by atoms with Crippen LogP contribution in [-0.4, -0.2) is 19.6 Å². The number of H-pyrrole nitrogens is 1. The van der Waals surface area contributed by atoms with Crippen molar-refractivity contribution in [2.75, 3.05) is 0 Å². The Bertz CT molecular complexity index is 229. The lowest BCUT2D eigenvalue weighted by atomic mass is 10.8. The van der Waals surface area contributed by atoms with Crippen LogP contribution in [-0.2, 0) is 0 Å². The zero-order valence-electron chi connectivity index (χ0n) is 4.07. The first-order chi connectivity index (χ1) is 3.97. The Hall–Kier alpha value is -1.32. The van der Waals surface area contributed by atoms with Crippen molar-refractivity contribution in [2.45, 2.75) is 0 Å². The fourth-order valence-electron chi connectivity index (χ4n) is 0.640. The lowest BCUT2D eigenvalue weighted by Crippen LogP contribution is -1.75. The number of rotatable bonds is 0. The highest BCUT2D eigenvalue weighted by Gasteiger charge is 1.88. The molecule has 0 aromatic carbocycles. The van der Waals surface area contributed by atoms with E-state index >= 15 is 0 Å². The Labute approximate surface area is 45.2 Å². The molecule has 2 aromatic heterocycles. The van der Waals surface area contributed by atoms with E-state index in [2.05, 4.69) is 15.1 Å². The third kappa shape index (κ3) is 0.294. The maximum Gasteiger partial charge on any atom is 0.173 e. The average molecular weight is 108 g/mol. The summed E-state index contributed by atoms with van der Waals surface area (Å²) >= 11 is 0. The molecule has 0 fully saturated rings. The number of aromatic amines is 1. The van der Waals surface area contributed by atoms with Gasteiger partial charge in [0, 0.05) is 0 Å². The smallest absolute Gasteiger partial charge is 0.173 e. The van der Waals surface area contributed by atoms with Crippen molar-refractivity contribution in [1.29, 1.82) is 0 Å². The molecule has 2 heterocycles. The van der Waals surface area contributed by atoms with Gasteiger partial charge in [-0.05, 0) is 0 Å². The van der Waals surface area contributed by atoms with Gasteiger partial charge in [0.15, 0.2) is 5.65 Å². The topological polar surface area (TPSA) is 46.0 Å². The molecule has 4 nitrogen and oxygen atoms in total. The Morgan fingerprint density at radius 3 is 3.50 bits per heavy atom. The summed E-state index contributed by atoms with van der Waals surface area (Å²) in [5.74, 6) is 0. The van der Waals surface area contributed by atoms with Crippen molar-refractivity contribution < 1.29 is 0 Å². The predicted octanol–water partition coefficient (Wildman–Crippen LogP) is 0.0574. The lowest BCUT2D eigenvalue weighted by molar-refractivity contribution is 0.956. The van der Waals surface area contributed by atoms with Crippen LogP contribution < -0.4 is 0 Å². The van der Waals surface area contributed by atoms with Gasteiger partial charge >= 0.3 is 0 Å². The summed E-state index contributed by atoms with van der Waals surface area (Å²) in [6, 6.07) is 0. The van der Waals surface area contributed by atoms with E-state index in [1.54, 1.807) is 23.4 Å². The molecule has 0 aliphatic carbocycles. The van der Waals surface area contributed by atoms with Crippen molar-refractivity contribution in [3.8, 4) is 0 Å². The summed E-state index contributed by atoms with van der Waals surface area (Å²) in [7, 11) is 0. The Balaban J connectivity index is 3.06. The summed E-state index contributed by atoms with van der Waals surface area (Å²) in [6.07, 6.45) is 4.98. The average Bonchev–Trinajstić information content (AvgIpc) is 2.15. The molecule has 0 aliphatic heterocycles. The van der Waals surface area contributed by atoms with Gasteiger partial charge in [0.2, 0.25) is 0 Å². The van der Waals surface area contributed by atoms with Crippen molar-refractivity contribution in [2.24, 2.45) is 0 Å². The molecule has 0 bridgehead atoms. The minimum absolute atomic E-state index is 0.852. The molecule has 0 saturated carbocycles. The molecule has 4 heteroatoms. The first-order valence-corrected chi connectivity index (χ1v) is 2.28. The second-order valence-corrected chi connectivity index (χ2v) is 1.51. The molecular formula is C4H4N4. The van der Waals surface area contributed by atoms with E-state index in [1.807, 2.05) is 0 Å². The highest BCUT2D eigenvalue weighted by atomic mass is 15.3. The fourth-order valence-corrected chi connectivity index (χ4v) is 0.640. The largest absolute Gasteiger partial charge is 0.281 e. The first kappa shape index (κ1) is 3.65. The van der Waals surface area contributed by atoms with Gasteiger partial charge in [-0.15, -0.1) is 0 Å². The Morgan fingerprint density at radius 1 is 1.62 bits per heavy atom. The van der Waals surface area contributed by atoms with E-state index < -0.39 is 0 Å². The molecule has 0 radical (unpaired) electrons. The molecule has 0 aliphatic rings. The van der Waals surface area contributed by atoms with Crippen molar-refractivity contribution in [3.05, 3.63) is 18.9 Å². The molecule has 2 aromatic rings. The minimum atomic E-state index is 0.852. The number of imidazole rings is 1. The van der Waals surface area contributed by atoms with Gasteiger partial charge in [0.25, 0.3) is 0 Å². The third-order valence-corrected chi connectivity index (χ3v) is 1.01. The van der Waals surface area contributed by atoms with E-state index in [-0.39, 0.29) is 0 Å². The second-order valence-electron chi connectivity index (χ2n) is 1.51. The molecule has 1 N–H and O–H groups in total. The summed E-state index contributed by atoms with van der Waals surface area (Å²) in [4.78, 5) is 7.75. The molecule has 0 spiro atoms. The van der Waals surface area contributed by atoms with Crippen LogP contribution in [0.3, 0.4) is 0 Å². The van der Waals surface area contributed by atoms with Crippen LogP contribution in [0.4, 0.5) is 0 Å². The molecule has 2 rings (SSSR count). The Kier molecular flexibility index (Phi) is 0.498. The highest BCUT2D eigenvalue weighted by Crippen LogP contribution is 1.90. The minimum Gasteiger partial charge on any atom is -0.281 e. The number of aromatic nitrogens is 4. The van der Waals surface area contributed by atoms with Gasteiger partial charge in [-0.25, -0.2) is 14.5 Å². The summed E-state index contributed by atoms with van der Waals surface area (Å²) in [5, 5.41) is 2.84. The van der Waals surface area contributed by atoms with Crippen LogP contribution >= 0.6 is 0 Å². The van der Waals surface area contributed by atoms with E-state index in [9.17, 15) is 0 Å². The van der Waals surface area contributed by atoms with Crippen molar-refractivity contribution in [3.63, 3.8) is 0 Å². The van der Waals surface area contributed by atoms with Gasteiger partial charge < -0.3 is 0 Å². The standard InChI is InChI=1S/C4H4N4/c1-4-6-2-7-8(4)3-5-1/h1-3H,(H,6,7). The van der Waals surface area contributed by atoms with E-state index in [1.165, 1.54) is 0 Å². The third-order valence-electron chi connectivity index (χ3n) is 1.01. The van der Waals surface area contributed by atoms with Gasteiger partial charge in [-0.1, -0.05) is 0 Å². The quantitative estimate of drug-likeness (QED) is 0.518. The van der Waals surface area contributed by atoms with Gasteiger partial charge in [-0.3, -0.25) is 5.10 Å². The molecule has 0 amide bonds. The second kappa shape index (κ2) is 1.09. The van der Waals surface area contributed by atoms with Crippen LogP contribution in [0.1, 0.15) is 0 Å². The summed E-state index contributed by atoms with van der Waals surface area (Å²) in [6.45, 7) is 0. The summed E-state index contributed by atoms with van der Waals surface area (Å²) < 4.78 is 1.74. The SMILES string of the molecule is c1nc2cncn2[nH]1. The summed E-state index contributed by atoms with van der Waals surface area (Å²) in [5.41, 5.74) is 0.852. The maximum atomic E-state index is 3.92. The number of hydrogen-bond donors (Lipinski definition) is 1. The van der Waals surface area contributed by atoms with Gasteiger partial charge in [0.1, 0.15) is 12.7 Å². The lowest BCUT2D eigenvalue weighted by Gasteiger charge is -1.72. The molecule has 8 heavy (non-hydrogen) atoms. The van der Waals surface area contributed by atoms with Crippen LogP contribution in [0, 0.1) is 0 Å². The van der Waals surface area contributed by atoms with Crippen LogP contribution in [0.25, 0.3) is 5.65 Å². The zero-order chi connectivity index (χ0) is 5.40. The van der Waals surface area contributed by atoms with Crippen LogP contribution in [0.5, 0.6) is 0 Å². The van der Waals surface area contributed by atoms with E-state index in [4.69, 9.17) is 0 Å². The number of nitrogens with one attached hydrogen (secondary N) is 1. The highest BCUT2D eigenvalue weighted by molar-refractivity contribution is 5.31. The van der Waals surface area contributed by atoms with Crippen LogP contribution in [0.15, 0.2) is 18.9 Å². The van der Waals surface area contributed by atoms with Gasteiger partial charge in [-0.2, -0.15) is 0 Å². The zero-order valence-corrected chi connectivity index (χ0v) is 4.07. The molecule has 0 unspecified atom stereocenters. The number of hydrogen-bond acceptors (Lipinski definition) is 2. The monoisotopic (exact) mass is 108 g/mol. The van der Waals surface area contributed by atoms with Crippen LogP contribution in [0.2, 0.25) is 0 Å². The van der Waals surface area contributed by atoms with Crippen molar-refractivity contribution >= 4 is 5.65 Å². The fraction of sp³-hybridized carbons (Fsp3) is 0. The number of fused-ring (bicyclic) bond motifs is 1. The first-order valence-electron chi connectivity index (χ1n) is 2.28. The van der Waals surface area contributed by atoms with E-state index in [0.29, 0.717) is 0 Å². The maximum absolute atomic E-state index is 3.92. The normalized spacial score (nSPS) is 10.5. The molecule has 0 saturated heterocycles. The molecular weight excluding hydrogens is 104 g/mol. The Morgan fingerprint density at radius 2 is 2.62 bits per heavy atom. The van der Waals surface area contributed by atoms with Crippen molar-refractivity contribution in [1.82, 2.24) is 19.6 Å². The predicted molar refractivity (Wildman–Crippen MR) is 27.3 cm³/mol.